The lowest BCUT2D eigenvalue weighted by Crippen LogP contribution is -2.44. The molecule has 0 aromatic heterocycles. The van der Waals surface area contributed by atoms with E-state index in [1.165, 1.54) is 5.56 Å². The van der Waals surface area contributed by atoms with Crippen LogP contribution >= 0.6 is 0 Å². The summed E-state index contributed by atoms with van der Waals surface area (Å²) in [5, 5.41) is 6.19. The number of anilines is 2. The number of aryl methyl sites for hydroxylation is 1. The van der Waals surface area contributed by atoms with E-state index in [-0.39, 0.29) is 5.91 Å². The highest BCUT2D eigenvalue weighted by Gasteiger charge is 2.28. The Morgan fingerprint density at radius 2 is 1.74 bits per heavy atom. The van der Waals surface area contributed by atoms with E-state index in [1.54, 1.807) is 7.11 Å². The van der Waals surface area contributed by atoms with Gasteiger partial charge in [-0.25, -0.2) is 0 Å². The fourth-order valence-corrected chi connectivity index (χ4v) is 2.25. The molecule has 0 aliphatic rings. The van der Waals surface area contributed by atoms with Crippen LogP contribution < -0.4 is 15.4 Å². The van der Waals surface area contributed by atoms with Crippen LogP contribution in [-0.4, -0.2) is 18.6 Å². The number of methoxy groups -OCH3 is 1. The Labute approximate surface area is 137 Å². The molecule has 0 spiro atoms. The van der Waals surface area contributed by atoms with Gasteiger partial charge in [-0.3, -0.25) is 4.79 Å². The van der Waals surface area contributed by atoms with E-state index in [2.05, 4.69) is 17.6 Å². The monoisotopic (exact) mass is 312 g/mol. The maximum Gasteiger partial charge on any atom is 0.249 e. The molecule has 4 heteroatoms. The summed E-state index contributed by atoms with van der Waals surface area (Å²) in [5.74, 6) is 0.605. The molecule has 0 fully saturated rings. The minimum absolute atomic E-state index is 0.104. The van der Waals surface area contributed by atoms with Gasteiger partial charge in [0.25, 0.3) is 0 Å². The van der Waals surface area contributed by atoms with E-state index in [0.29, 0.717) is 5.75 Å². The summed E-state index contributed by atoms with van der Waals surface area (Å²) in [6.45, 7) is 5.79. The quantitative estimate of drug-likeness (QED) is 0.845. The highest BCUT2D eigenvalue weighted by atomic mass is 16.5. The van der Waals surface area contributed by atoms with E-state index >= 15 is 0 Å². The summed E-state index contributed by atoms with van der Waals surface area (Å²) in [5.41, 5.74) is 2.05. The SMILES string of the molecule is CCc1ccc(NC(=O)C(C)(C)Nc2ccccc2OC)cc1. The molecule has 2 aromatic carbocycles. The van der Waals surface area contributed by atoms with Gasteiger partial charge in [-0.2, -0.15) is 0 Å². The predicted molar refractivity (Wildman–Crippen MR) is 95.1 cm³/mol. The molecule has 1 amide bonds. The van der Waals surface area contributed by atoms with Crippen molar-refractivity contribution in [2.45, 2.75) is 32.7 Å². The third kappa shape index (κ3) is 4.25. The maximum absolute atomic E-state index is 12.6. The summed E-state index contributed by atoms with van der Waals surface area (Å²) in [6.07, 6.45) is 0.981. The molecule has 2 aromatic rings. The molecule has 0 aliphatic heterocycles. The number of benzene rings is 2. The number of nitrogens with one attached hydrogen (secondary N) is 2. The predicted octanol–water partition coefficient (Wildman–Crippen LogP) is 4.09. The minimum Gasteiger partial charge on any atom is -0.495 e. The van der Waals surface area contributed by atoms with Gasteiger partial charge in [-0.05, 0) is 50.1 Å². The number of carbonyl (C=O) groups is 1. The minimum atomic E-state index is -0.780. The number of hydrogen-bond donors (Lipinski definition) is 2. The Kier molecular flexibility index (Phi) is 5.27. The number of para-hydroxylation sites is 2. The van der Waals surface area contributed by atoms with Crippen molar-refractivity contribution < 1.29 is 9.53 Å². The molecule has 0 bridgehead atoms. The third-order valence-electron chi connectivity index (χ3n) is 3.74. The van der Waals surface area contributed by atoms with E-state index in [0.717, 1.165) is 17.8 Å². The zero-order chi connectivity index (χ0) is 16.9. The Balaban J connectivity index is 2.09. The molecule has 2 N–H and O–H groups in total. The van der Waals surface area contributed by atoms with Crippen LogP contribution in [0.25, 0.3) is 0 Å². The van der Waals surface area contributed by atoms with Gasteiger partial charge in [-0.1, -0.05) is 31.2 Å². The Bertz CT molecular complexity index is 663. The normalized spacial score (nSPS) is 11.0. The molecule has 2 rings (SSSR count). The molecule has 0 saturated heterocycles. The Morgan fingerprint density at radius 3 is 2.35 bits per heavy atom. The number of amides is 1. The van der Waals surface area contributed by atoms with Crippen LogP contribution in [0.4, 0.5) is 11.4 Å². The number of hydrogen-bond acceptors (Lipinski definition) is 3. The maximum atomic E-state index is 12.6. The summed E-state index contributed by atoms with van der Waals surface area (Å²) in [6, 6.07) is 15.5. The summed E-state index contributed by atoms with van der Waals surface area (Å²) in [7, 11) is 1.61. The van der Waals surface area contributed by atoms with E-state index in [1.807, 2.05) is 62.4 Å². The molecule has 0 heterocycles. The van der Waals surface area contributed by atoms with E-state index in [9.17, 15) is 4.79 Å². The summed E-state index contributed by atoms with van der Waals surface area (Å²) >= 11 is 0. The van der Waals surface area contributed by atoms with Crippen LogP contribution in [0.15, 0.2) is 48.5 Å². The highest BCUT2D eigenvalue weighted by Crippen LogP contribution is 2.27. The van der Waals surface area contributed by atoms with E-state index < -0.39 is 5.54 Å². The van der Waals surface area contributed by atoms with Crippen molar-refractivity contribution in [3.05, 3.63) is 54.1 Å². The first-order valence-corrected chi connectivity index (χ1v) is 7.78. The second kappa shape index (κ2) is 7.18. The Morgan fingerprint density at radius 1 is 1.09 bits per heavy atom. The van der Waals surface area contributed by atoms with Gasteiger partial charge in [0.05, 0.1) is 12.8 Å². The van der Waals surface area contributed by atoms with Crippen molar-refractivity contribution in [1.82, 2.24) is 0 Å². The van der Waals surface area contributed by atoms with Crippen molar-refractivity contribution in [3.8, 4) is 5.75 Å². The number of ether oxygens (including phenoxy) is 1. The van der Waals surface area contributed by atoms with Crippen molar-refractivity contribution >= 4 is 17.3 Å². The van der Waals surface area contributed by atoms with Crippen LogP contribution in [0.2, 0.25) is 0 Å². The second-order valence-corrected chi connectivity index (χ2v) is 5.95. The average molecular weight is 312 g/mol. The lowest BCUT2D eigenvalue weighted by atomic mass is 10.0. The van der Waals surface area contributed by atoms with Gasteiger partial charge < -0.3 is 15.4 Å². The molecule has 0 saturated carbocycles. The topological polar surface area (TPSA) is 50.4 Å². The van der Waals surface area contributed by atoms with Gasteiger partial charge in [0.2, 0.25) is 5.91 Å². The molecule has 0 atom stereocenters. The average Bonchev–Trinajstić information content (AvgIpc) is 2.55. The Hall–Kier alpha value is -2.49. The fourth-order valence-electron chi connectivity index (χ4n) is 2.25. The van der Waals surface area contributed by atoms with Gasteiger partial charge in [0.1, 0.15) is 11.3 Å². The zero-order valence-corrected chi connectivity index (χ0v) is 14.1. The smallest absolute Gasteiger partial charge is 0.249 e. The standard InChI is InChI=1S/C19H24N2O2/c1-5-14-10-12-15(13-11-14)20-18(22)19(2,3)21-16-8-6-7-9-17(16)23-4/h6-13,21H,5H2,1-4H3,(H,20,22). The van der Waals surface area contributed by atoms with Crippen molar-refractivity contribution in [3.63, 3.8) is 0 Å². The van der Waals surface area contributed by atoms with Crippen LogP contribution in [-0.2, 0) is 11.2 Å². The lowest BCUT2D eigenvalue weighted by Gasteiger charge is -2.27. The van der Waals surface area contributed by atoms with Crippen LogP contribution in [0.1, 0.15) is 26.3 Å². The first-order chi connectivity index (χ1) is 11.0. The first kappa shape index (κ1) is 16.9. The van der Waals surface area contributed by atoms with Gasteiger partial charge in [0.15, 0.2) is 0 Å². The lowest BCUT2D eigenvalue weighted by molar-refractivity contribution is -0.119. The largest absolute Gasteiger partial charge is 0.495 e. The molecular formula is C19H24N2O2. The highest BCUT2D eigenvalue weighted by molar-refractivity contribution is 5.99. The van der Waals surface area contributed by atoms with Gasteiger partial charge >= 0.3 is 0 Å². The summed E-state index contributed by atoms with van der Waals surface area (Å²) < 4.78 is 5.32. The summed E-state index contributed by atoms with van der Waals surface area (Å²) in [4.78, 5) is 12.6. The van der Waals surface area contributed by atoms with E-state index in [4.69, 9.17) is 4.74 Å². The van der Waals surface area contributed by atoms with Crippen molar-refractivity contribution in [2.24, 2.45) is 0 Å². The van der Waals surface area contributed by atoms with Gasteiger partial charge in [0, 0.05) is 5.69 Å². The van der Waals surface area contributed by atoms with Crippen molar-refractivity contribution in [2.75, 3.05) is 17.7 Å². The molecule has 4 nitrogen and oxygen atoms in total. The van der Waals surface area contributed by atoms with Gasteiger partial charge in [-0.15, -0.1) is 0 Å². The number of rotatable bonds is 6. The zero-order valence-electron chi connectivity index (χ0n) is 14.1. The first-order valence-electron chi connectivity index (χ1n) is 7.78. The van der Waals surface area contributed by atoms with Crippen LogP contribution in [0.5, 0.6) is 5.75 Å². The second-order valence-electron chi connectivity index (χ2n) is 5.95. The molecule has 0 radical (unpaired) electrons. The van der Waals surface area contributed by atoms with Crippen LogP contribution in [0.3, 0.4) is 0 Å². The molecule has 122 valence electrons. The van der Waals surface area contributed by atoms with Crippen molar-refractivity contribution in [1.29, 1.82) is 0 Å². The molecule has 23 heavy (non-hydrogen) atoms. The molecular weight excluding hydrogens is 288 g/mol. The molecule has 0 unspecified atom stereocenters. The molecule has 0 aliphatic carbocycles. The number of carbonyl (C=O) groups excluding carboxylic acids is 1. The third-order valence-corrected chi connectivity index (χ3v) is 3.74. The van der Waals surface area contributed by atoms with Crippen LogP contribution in [0, 0.1) is 0 Å². The fraction of sp³-hybridized carbons (Fsp3) is 0.316.